The monoisotopic (exact) mass is 255 g/mol. The lowest BCUT2D eigenvalue weighted by Crippen LogP contribution is -2.50. The Hall–Kier alpha value is -0.610. The molecule has 106 valence electrons. The fourth-order valence-electron chi connectivity index (χ4n) is 2.79. The molecule has 4 heteroatoms. The molecule has 1 aliphatic rings. The highest BCUT2D eigenvalue weighted by atomic mass is 16.2. The van der Waals surface area contributed by atoms with Gasteiger partial charge in [-0.15, -0.1) is 0 Å². The Labute approximate surface area is 111 Å². The fourth-order valence-corrected chi connectivity index (χ4v) is 2.79. The van der Waals surface area contributed by atoms with Crippen molar-refractivity contribution in [3.63, 3.8) is 0 Å². The van der Waals surface area contributed by atoms with Gasteiger partial charge >= 0.3 is 0 Å². The molecule has 0 bridgehead atoms. The Balaban J connectivity index is 2.57. The molecule has 0 aromatic rings. The summed E-state index contributed by atoms with van der Waals surface area (Å²) >= 11 is 0. The van der Waals surface area contributed by atoms with Gasteiger partial charge in [0.15, 0.2) is 0 Å². The van der Waals surface area contributed by atoms with Gasteiger partial charge in [0.25, 0.3) is 0 Å². The zero-order valence-corrected chi connectivity index (χ0v) is 12.4. The van der Waals surface area contributed by atoms with Crippen LogP contribution in [0.3, 0.4) is 0 Å². The van der Waals surface area contributed by atoms with E-state index in [-0.39, 0.29) is 11.8 Å². The first kappa shape index (κ1) is 15.4. The summed E-state index contributed by atoms with van der Waals surface area (Å²) in [7, 11) is 4.06. The molecule has 18 heavy (non-hydrogen) atoms. The number of hydrogen-bond acceptors (Lipinski definition) is 3. The number of amides is 1. The second-order valence-corrected chi connectivity index (χ2v) is 6.07. The molecule has 2 N–H and O–H groups in total. The van der Waals surface area contributed by atoms with Gasteiger partial charge in [-0.05, 0) is 38.8 Å². The van der Waals surface area contributed by atoms with Gasteiger partial charge < -0.3 is 15.5 Å². The molecule has 1 aliphatic heterocycles. The van der Waals surface area contributed by atoms with E-state index in [1.165, 1.54) is 6.42 Å². The summed E-state index contributed by atoms with van der Waals surface area (Å²) < 4.78 is 0. The molecule has 2 unspecified atom stereocenters. The Bertz CT molecular complexity index is 268. The summed E-state index contributed by atoms with van der Waals surface area (Å²) in [5.41, 5.74) is 5.76. The second kappa shape index (κ2) is 7.10. The quantitative estimate of drug-likeness (QED) is 0.802. The maximum Gasteiger partial charge on any atom is 0.227 e. The number of carbonyl (C=O) groups excluding carboxylic acids is 1. The van der Waals surface area contributed by atoms with Gasteiger partial charge in [0.2, 0.25) is 5.91 Å². The van der Waals surface area contributed by atoms with Crippen LogP contribution < -0.4 is 5.73 Å². The highest BCUT2D eigenvalue weighted by Crippen LogP contribution is 2.18. The summed E-state index contributed by atoms with van der Waals surface area (Å²) in [6.45, 7) is 6.88. The predicted molar refractivity (Wildman–Crippen MR) is 75.3 cm³/mol. The molecule has 1 amide bonds. The molecule has 0 aliphatic carbocycles. The fraction of sp³-hybridized carbons (Fsp3) is 0.929. The predicted octanol–water partition coefficient (Wildman–Crippen LogP) is 1.16. The molecule has 0 aromatic heterocycles. The van der Waals surface area contributed by atoms with E-state index < -0.39 is 0 Å². The van der Waals surface area contributed by atoms with Crippen LogP contribution in [0, 0.1) is 11.8 Å². The average molecular weight is 255 g/mol. The van der Waals surface area contributed by atoms with Gasteiger partial charge in [-0.25, -0.2) is 0 Å². The van der Waals surface area contributed by atoms with E-state index in [1.807, 2.05) is 11.9 Å². The maximum atomic E-state index is 12.4. The molecule has 4 nitrogen and oxygen atoms in total. The first-order valence-electron chi connectivity index (χ1n) is 7.11. The minimum Gasteiger partial charge on any atom is -0.341 e. The molecular weight excluding hydrogens is 226 g/mol. The first-order chi connectivity index (χ1) is 8.45. The molecule has 1 heterocycles. The van der Waals surface area contributed by atoms with E-state index in [4.69, 9.17) is 5.73 Å². The van der Waals surface area contributed by atoms with Crippen molar-refractivity contribution in [1.29, 1.82) is 0 Å². The van der Waals surface area contributed by atoms with Crippen molar-refractivity contribution >= 4 is 5.91 Å². The third-order valence-corrected chi connectivity index (χ3v) is 3.88. The second-order valence-electron chi connectivity index (χ2n) is 6.07. The maximum absolute atomic E-state index is 12.4. The van der Waals surface area contributed by atoms with Gasteiger partial charge in [-0.1, -0.05) is 13.8 Å². The van der Waals surface area contributed by atoms with E-state index in [2.05, 4.69) is 25.8 Å². The van der Waals surface area contributed by atoms with E-state index >= 15 is 0 Å². The van der Waals surface area contributed by atoms with Crippen LogP contribution in [-0.2, 0) is 4.79 Å². The lowest BCUT2D eigenvalue weighted by Gasteiger charge is -2.37. The Morgan fingerprint density at radius 3 is 2.67 bits per heavy atom. The van der Waals surface area contributed by atoms with Crippen molar-refractivity contribution in [2.75, 3.05) is 33.7 Å². The number of rotatable bonds is 5. The van der Waals surface area contributed by atoms with Gasteiger partial charge in [0, 0.05) is 26.2 Å². The average Bonchev–Trinajstić information content (AvgIpc) is 2.34. The zero-order valence-electron chi connectivity index (χ0n) is 12.4. The standard InChI is InChI=1S/C14H29N3O/c1-11(2)8-12(9-15)14(18)17(4)13-6-5-7-16(3)10-13/h11-13H,5-10,15H2,1-4H3. The minimum atomic E-state index is -0.0118. The van der Waals surface area contributed by atoms with Crippen LogP contribution in [-0.4, -0.2) is 55.5 Å². The number of nitrogens with two attached hydrogens (primary N) is 1. The van der Waals surface area contributed by atoms with E-state index in [0.717, 1.165) is 25.9 Å². The van der Waals surface area contributed by atoms with Crippen LogP contribution in [0.4, 0.5) is 0 Å². The highest BCUT2D eigenvalue weighted by Gasteiger charge is 2.28. The number of likely N-dealkylation sites (N-methyl/N-ethyl adjacent to an activating group) is 2. The molecule has 1 saturated heterocycles. The summed E-state index contributed by atoms with van der Waals surface area (Å²) in [4.78, 5) is 16.7. The number of likely N-dealkylation sites (tertiary alicyclic amines) is 1. The van der Waals surface area contributed by atoms with Gasteiger partial charge in [0.05, 0.1) is 5.92 Å². The summed E-state index contributed by atoms with van der Waals surface area (Å²) in [5.74, 6) is 0.735. The van der Waals surface area contributed by atoms with Crippen LogP contribution in [0.1, 0.15) is 33.1 Å². The summed E-state index contributed by atoms with van der Waals surface area (Å²) in [6, 6.07) is 0.359. The summed E-state index contributed by atoms with van der Waals surface area (Å²) in [5, 5.41) is 0. The van der Waals surface area contributed by atoms with Crippen molar-refractivity contribution in [2.45, 2.75) is 39.2 Å². The number of nitrogens with zero attached hydrogens (tertiary/aromatic N) is 2. The van der Waals surface area contributed by atoms with Crippen molar-refractivity contribution < 1.29 is 4.79 Å². The minimum absolute atomic E-state index is 0.0118. The van der Waals surface area contributed by atoms with Crippen LogP contribution in [0.15, 0.2) is 0 Å². The Morgan fingerprint density at radius 2 is 2.17 bits per heavy atom. The van der Waals surface area contributed by atoms with Gasteiger partial charge in [-0.3, -0.25) is 4.79 Å². The SMILES string of the molecule is CC(C)CC(CN)C(=O)N(C)C1CCCN(C)C1. The van der Waals surface area contributed by atoms with Crippen molar-refractivity contribution in [3.05, 3.63) is 0 Å². The van der Waals surface area contributed by atoms with Crippen molar-refractivity contribution in [2.24, 2.45) is 17.6 Å². The smallest absolute Gasteiger partial charge is 0.227 e. The van der Waals surface area contributed by atoms with E-state index in [1.54, 1.807) is 0 Å². The third kappa shape index (κ3) is 4.25. The zero-order chi connectivity index (χ0) is 13.7. The molecular formula is C14H29N3O. The third-order valence-electron chi connectivity index (χ3n) is 3.88. The molecule has 0 radical (unpaired) electrons. The molecule has 1 fully saturated rings. The number of carbonyl (C=O) groups is 1. The van der Waals surface area contributed by atoms with Crippen molar-refractivity contribution in [1.82, 2.24) is 9.80 Å². The van der Waals surface area contributed by atoms with Gasteiger partial charge in [-0.2, -0.15) is 0 Å². The van der Waals surface area contributed by atoms with Crippen LogP contribution in [0.2, 0.25) is 0 Å². The van der Waals surface area contributed by atoms with E-state index in [9.17, 15) is 4.79 Å². The van der Waals surface area contributed by atoms with Crippen LogP contribution >= 0.6 is 0 Å². The first-order valence-corrected chi connectivity index (χ1v) is 7.11. The highest BCUT2D eigenvalue weighted by molar-refractivity contribution is 5.79. The molecule has 0 spiro atoms. The van der Waals surface area contributed by atoms with Crippen molar-refractivity contribution in [3.8, 4) is 0 Å². The number of hydrogen-bond donors (Lipinski definition) is 1. The van der Waals surface area contributed by atoms with Crippen LogP contribution in [0.25, 0.3) is 0 Å². The lowest BCUT2D eigenvalue weighted by atomic mass is 9.94. The van der Waals surface area contributed by atoms with Crippen LogP contribution in [0.5, 0.6) is 0 Å². The molecule has 0 aromatic carbocycles. The molecule has 1 rings (SSSR count). The molecule has 0 saturated carbocycles. The lowest BCUT2D eigenvalue weighted by molar-refractivity contribution is -0.137. The topological polar surface area (TPSA) is 49.6 Å². The largest absolute Gasteiger partial charge is 0.341 e. The summed E-state index contributed by atoms with van der Waals surface area (Å²) in [6.07, 6.45) is 3.18. The normalized spacial score (nSPS) is 23.1. The van der Waals surface area contributed by atoms with E-state index in [0.29, 0.717) is 18.5 Å². The Morgan fingerprint density at radius 1 is 1.50 bits per heavy atom. The van der Waals surface area contributed by atoms with Gasteiger partial charge in [0.1, 0.15) is 0 Å². The molecule has 2 atom stereocenters. The number of piperidine rings is 1. The Kier molecular flexibility index (Phi) is 6.09.